The second-order valence-electron chi connectivity index (χ2n) is 6.72. The van der Waals surface area contributed by atoms with Crippen molar-refractivity contribution in [1.82, 2.24) is 9.88 Å². The highest BCUT2D eigenvalue weighted by molar-refractivity contribution is 5.96. The number of pyridine rings is 1. The molecule has 0 aliphatic carbocycles. The van der Waals surface area contributed by atoms with Crippen LogP contribution in [-0.2, 0) is 9.47 Å². The standard InChI is InChI=1S/C18H26N2O5/c1-22-11-13-10-20(12-18(13)6-8-25-9-7-18)17(21)14-4-5-15(23-2)19-16(14)24-3/h4-5,13H,6-12H2,1-3H3/t13-/m0/s1. The van der Waals surface area contributed by atoms with E-state index in [9.17, 15) is 4.79 Å². The normalized spacial score (nSPS) is 22.2. The fourth-order valence-electron chi connectivity index (χ4n) is 3.99. The third-order valence-corrected chi connectivity index (χ3v) is 5.42. The van der Waals surface area contributed by atoms with Gasteiger partial charge in [0.1, 0.15) is 5.56 Å². The quantitative estimate of drug-likeness (QED) is 0.804. The Hall–Kier alpha value is -1.86. The molecule has 0 aromatic carbocycles. The number of ether oxygens (including phenoxy) is 4. The molecule has 1 amide bonds. The van der Waals surface area contributed by atoms with Gasteiger partial charge in [-0.05, 0) is 24.3 Å². The molecule has 0 N–H and O–H groups in total. The predicted molar refractivity (Wildman–Crippen MR) is 91.1 cm³/mol. The molecule has 2 saturated heterocycles. The summed E-state index contributed by atoms with van der Waals surface area (Å²) in [5.74, 6) is 0.979. The molecule has 7 heteroatoms. The summed E-state index contributed by atoms with van der Waals surface area (Å²) < 4.78 is 21.4. The highest BCUT2D eigenvalue weighted by atomic mass is 16.5. The van der Waals surface area contributed by atoms with Gasteiger partial charge in [0.2, 0.25) is 11.8 Å². The van der Waals surface area contributed by atoms with Crippen LogP contribution in [0.25, 0.3) is 0 Å². The number of aromatic nitrogens is 1. The number of rotatable bonds is 5. The molecule has 7 nitrogen and oxygen atoms in total. The zero-order valence-electron chi connectivity index (χ0n) is 15.1. The number of carbonyl (C=O) groups excluding carboxylic acids is 1. The molecule has 1 aromatic heterocycles. The van der Waals surface area contributed by atoms with Gasteiger partial charge in [-0.2, -0.15) is 4.98 Å². The van der Waals surface area contributed by atoms with E-state index in [0.29, 0.717) is 36.4 Å². The average molecular weight is 350 g/mol. The summed E-state index contributed by atoms with van der Waals surface area (Å²) in [6.07, 6.45) is 1.92. The van der Waals surface area contributed by atoms with E-state index in [4.69, 9.17) is 18.9 Å². The van der Waals surface area contributed by atoms with Crippen LogP contribution in [0.4, 0.5) is 0 Å². The van der Waals surface area contributed by atoms with E-state index in [0.717, 1.165) is 32.6 Å². The van der Waals surface area contributed by atoms with Gasteiger partial charge < -0.3 is 23.8 Å². The lowest BCUT2D eigenvalue weighted by atomic mass is 9.72. The van der Waals surface area contributed by atoms with Crippen molar-refractivity contribution in [2.45, 2.75) is 12.8 Å². The van der Waals surface area contributed by atoms with Crippen molar-refractivity contribution in [2.24, 2.45) is 11.3 Å². The van der Waals surface area contributed by atoms with Gasteiger partial charge in [0, 0.05) is 45.4 Å². The van der Waals surface area contributed by atoms with Crippen LogP contribution in [0, 0.1) is 11.3 Å². The lowest BCUT2D eigenvalue weighted by Crippen LogP contribution is -2.39. The first kappa shape index (κ1) is 17.9. The van der Waals surface area contributed by atoms with Gasteiger partial charge in [-0.15, -0.1) is 0 Å². The van der Waals surface area contributed by atoms with E-state index in [1.54, 1.807) is 19.2 Å². The van der Waals surface area contributed by atoms with Gasteiger partial charge in [0.05, 0.1) is 20.8 Å². The van der Waals surface area contributed by atoms with E-state index in [1.807, 2.05) is 4.90 Å². The molecule has 1 aromatic rings. The zero-order valence-corrected chi connectivity index (χ0v) is 15.1. The van der Waals surface area contributed by atoms with Crippen LogP contribution in [0.5, 0.6) is 11.8 Å². The second kappa shape index (κ2) is 7.58. The molecule has 25 heavy (non-hydrogen) atoms. The molecule has 0 radical (unpaired) electrons. The molecule has 138 valence electrons. The first-order valence-electron chi connectivity index (χ1n) is 8.58. The lowest BCUT2D eigenvalue weighted by Gasteiger charge is -2.37. The Morgan fingerprint density at radius 3 is 2.68 bits per heavy atom. The summed E-state index contributed by atoms with van der Waals surface area (Å²) in [4.78, 5) is 19.2. The van der Waals surface area contributed by atoms with Crippen molar-refractivity contribution >= 4 is 5.91 Å². The Kier molecular flexibility index (Phi) is 5.44. The SMILES string of the molecule is COC[C@@H]1CN(C(=O)c2ccc(OC)nc2OC)CC12CCOCC2. The number of nitrogens with zero attached hydrogens (tertiary/aromatic N) is 2. The summed E-state index contributed by atoms with van der Waals surface area (Å²) in [5.41, 5.74) is 0.542. The van der Waals surface area contributed by atoms with Crippen LogP contribution >= 0.6 is 0 Å². The lowest BCUT2D eigenvalue weighted by molar-refractivity contribution is -0.0169. The molecule has 1 atom stereocenters. The molecular formula is C18H26N2O5. The smallest absolute Gasteiger partial charge is 0.259 e. The number of hydrogen-bond donors (Lipinski definition) is 0. The fourth-order valence-corrected chi connectivity index (χ4v) is 3.99. The summed E-state index contributed by atoms with van der Waals surface area (Å²) in [7, 11) is 4.76. The molecule has 3 heterocycles. The Balaban J connectivity index is 1.83. The maximum absolute atomic E-state index is 13.1. The van der Waals surface area contributed by atoms with Crippen molar-refractivity contribution in [3.05, 3.63) is 17.7 Å². The van der Waals surface area contributed by atoms with Crippen LogP contribution in [-0.4, -0.2) is 70.0 Å². The van der Waals surface area contributed by atoms with Crippen LogP contribution < -0.4 is 9.47 Å². The molecule has 2 aliphatic rings. The van der Waals surface area contributed by atoms with Crippen LogP contribution in [0.15, 0.2) is 12.1 Å². The number of amides is 1. The Labute approximate surface area is 148 Å². The molecule has 3 rings (SSSR count). The van der Waals surface area contributed by atoms with Crippen molar-refractivity contribution in [3.63, 3.8) is 0 Å². The minimum absolute atomic E-state index is 0.0588. The molecule has 0 saturated carbocycles. The molecule has 2 fully saturated rings. The Morgan fingerprint density at radius 2 is 2.04 bits per heavy atom. The average Bonchev–Trinajstić information content (AvgIpc) is 2.99. The van der Waals surface area contributed by atoms with E-state index in [1.165, 1.54) is 14.2 Å². The van der Waals surface area contributed by atoms with Crippen molar-refractivity contribution in [2.75, 3.05) is 54.2 Å². The van der Waals surface area contributed by atoms with E-state index >= 15 is 0 Å². The second-order valence-corrected chi connectivity index (χ2v) is 6.72. The van der Waals surface area contributed by atoms with Crippen molar-refractivity contribution in [1.29, 1.82) is 0 Å². The molecule has 1 spiro atoms. The van der Waals surface area contributed by atoms with Crippen molar-refractivity contribution in [3.8, 4) is 11.8 Å². The van der Waals surface area contributed by atoms with Gasteiger partial charge in [0.25, 0.3) is 5.91 Å². The van der Waals surface area contributed by atoms with Crippen LogP contribution in [0.2, 0.25) is 0 Å². The van der Waals surface area contributed by atoms with Crippen molar-refractivity contribution < 1.29 is 23.7 Å². The minimum Gasteiger partial charge on any atom is -0.481 e. The maximum atomic E-state index is 13.1. The number of likely N-dealkylation sites (tertiary alicyclic amines) is 1. The Bertz CT molecular complexity index is 615. The first-order valence-corrected chi connectivity index (χ1v) is 8.58. The van der Waals surface area contributed by atoms with Gasteiger partial charge >= 0.3 is 0 Å². The third kappa shape index (κ3) is 3.43. The summed E-state index contributed by atoms with van der Waals surface area (Å²) in [6, 6.07) is 3.40. The van der Waals surface area contributed by atoms with E-state index in [2.05, 4.69) is 4.98 Å². The highest BCUT2D eigenvalue weighted by Crippen LogP contribution is 2.45. The van der Waals surface area contributed by atoms with Gasteiger partial charge in [-0.25, -0.2) is 0 Å². The fraction of sp³-hybridized carbons (Fsp3) is 0.667. The summed E-state index contributed by atoms with van der Waals surface area (Å²) in [5, 5.41) is 0. The van der Waals surface area contributed by atoms with Gasteiger partial charge in [-0.1, -0.05) is 0 Å². The minimum atomic E-state index is -0.0588. The monoisotopic (exact) mass is 350 g/mol. The summed E-state index contributed by atoms with van der Waals surface area (Å²) >= 11 is 0. The molecular weight excluding hydrogens is 324 g/mol. The summed E-state index contributed by atoms with van der Waals surface area (Å²) in [6.45, 7) is 3.55. The number of carbonyl (C=O) groups is 1. The van der Waals surface area contributed by atoms with Gasteiger partial charge in [0.15, 0.2) is 0 Å². The molecule has 0 unspecified atom stereocenters. The maximum Gasteiger partial charge on any atom is 0.259 e. The number of methoxy groups -OCH3 is 3. The molecule has 2 aliphatic heterocycles. The third-order valence-electron chi connectivity index (χ3n) is 5.42. The molecule has 0 bridgehead atoms. The number of hydrogen-bond acceptors (Lipinski definition) is 6. The first-order chi connectivity index (χ1) is 12.1. The predicted octanol–water partition coefficient (Wildman–Crippen LogP) is 1.61. The van der Waals surface area contributed by atoms with Gasteiger partial charge in [-0.3, -0.25) is 4.79 Å². The van der Waals surface area contributed by atoms with Crippen LogP contribution in [0.3, 0.4) is 0 Å². The topological polar surface area (TPSA) is 70.1 Å². The van der Waals surface area contributed by atoms with E-state index in [-0.39, 0.29) is 11.3 Å². The Morgan fingerprint density at radius 1 is 1.28 bits per heavy atom. The largest absolute Gasteiger partial charge is 0.481 e. The zero-order chi connectivity index (χ0) is 17.9. The van der Waals surface area contributed by atoms with E-state index < -0.39 is 0 Å². The van der Waals surface area contributed by atoms with Crippen LogP contribution in [0.1, 0.15) is 23.2 Å². The highest BCUT2D eigenvalue weighted by Gasteiger charge is 2.48.